The normalized spacial score (nSPS) is 90.0. The van der Waals surface area contributed by atoms with E-state index in [4.69, 9.17) is 0 Å². The van der Waals surface area contributed by atoms with Crippen molar-refractivity contribution < 1.29 is 0 Å². The van der Waals surface area contributed by atoms with Crippen LogP contribution in [0.2, 0.25) is 0 Å². The summed E-state index contributed by atoms with van der Waals surface area (Å²) in [4.78, 5) is 0. The van der Waals surface area contributed by atoms with Crippen molar-refractivity contribution in [2.45, 2.75) is 0 Å². The molecule has 0 amide bonds. The topological polar surface area (TPSA) is 0 Å². The summed E-state index contributed by atoms with van der Waals surface area (Å²) in [6.07, 6.45) is 0. The van der Waals surface area contributed by atoms with Crippen LogP contribution in [-0.2, 0) is 0 Å². The Morgan fingerprint density at radius 3 is 1.12 bits per heavy atom. The van der Waals surface area contributed by atoms with Crippen LogP contribution in [0.5, 0.6) is 0 Å². The average molecular weight is 102 g/mol. The van der Waals surface area contributed by atoms with Gasteiger partial charge in [0.1, 0.15) is 0 Å². The zero-order chi connectivity index (χ0) is 4.62. The Balaban J connectivity index is 2.21. The summed E-state index contributed by atoms with van der Waals surface area (Å²) in [5.41, 5.74) is 3.93. The lowest BCUT2D eigenvalue weighted by molar-refractivity contribution is -0.333. The van der Waals surface area contributed by atoms with Crippen LogP contribution in [0, 0.1) is 35.5 Å². The van der Waals surface area contributed by atoms with E-state index in [2.05, 4.69) is 0 Å². The number of hydrogen-bond donors (Lipinski definition) is 0. The highest BCUT2D eigenvalue weighted by molar-refractivity contribution is 5.69. The van der Waals surface area contributed by atoms with E-state index in [1.54, 1.807) is 0 Å². The lowest BCUT2D eigenvalue weighted by Crippen LogP contribution is -2.90. The average Bonchev–Trinajstić information content (AvgIpc) is 1.90. The van der Waals surface area contributed by atoms with Crippen molar-refractivity contribution in [2.24, 2.45) is 35.5 Å². The minimum absolute atomic E-state index is 1.21. The molecule has 4 atom stereocenters. The summed E-state index contributed by atoms with van der Waals surface area (Å²) in [6.45, 7) is 0. The second-order valence-corrected chi connectivity index (χ2v) is 4.17. The van der Waals surface area contributed by atoms with Crippen molar-refractivity contribution in [2.75, 3.05) is 0 Å². The van der Waals surface area contributed by atoms with Gasteiger partial charge in [-0.15, -0.1) is 0 Å². The molecule has 0 aromatic rings. The van der Waals surface area contributed by atoms with Gasteiger partial charge in [0, 0.05) is 0 Å². The van der Waals surface area contributed by atoms with Crippen LogP contribution in [0.1, 0.15) is 0 Å². The molecule has 4 saturated carbocycles. The van der Waals surface area contributed by atoms with Gasteiger partial charge in [-0.25, -0.2) is 0 Å². The van der Waals surface area contributed by atoms with E-state index in [1.165, 1.54) is 35.5 Å². The Morgan fingerprint density at radius 1 is 0.625 bits per heavy atom. The Bertz CT molecular complexity index is 222. The van der Waals surface area contributed by atoms with E-state index in [0.717, 1.165) is 0 Å². The fourth-order valence-corrected chi connectivity index (χ4v) is 4.46. The van der Waals surface area contributed by atoms with Crippen LogP contribution in [0.25, 0.3) is 0 Å². The van der Waals surface area contributed by atoms with Crippen molar-refractivity contribution in [3.63, 3.8) is 0 Å². The van der Waals surface area contributed by atoms with Crippen LogP contribution in [-0.4, -0.2) is 0 Å². The smallest absolute Gasteiger partial charge is 0.00910 e. The SMILES string of the molecule is C12=C3C4C1C1C2C3C41. The van der Waals surface area contributed by atoms with Gasteiger partial charge in [0.05, 0.1) is 0 Å². The van der Waals surface area contributed by atoms with Gasteiger partial charge >= 0.3 is 0 Å². The van der Waals surface area contributed by atoms with Gasteiger partial charge in [-0.1, -0.05) is 11.1 Å². The molecule has 6 aliphatic rings. The molecular weight excluding hydrogens is 96.1 g/mol. The Morgan fingerprint density at radius 2 is 1.00 bits per heavy atom. The van der Waals surface area contributed by atoms with E-state index in [1.807, 2.05) is 11.1 Å². The second-order valence-electron chi connectivity index (χ2n) is 4.17. The Labute approximate surface area is 47.6 Å². The van der Waals surface area contributed by atoms with Crippen molar-refractivity contribution in [1.82, 2.24) is 0 Å². The molecule has 0 aromatic heterocycles. The predicted octanol–water partition coefficient (Wildman–Crippen LogP) is 1.05. The molecule has 0 aromatic carbocycles. The third-order valence-corrected chi connectivity index (χ3v) is 4.65. The molecule has 0 heteroatoms. The molecule has 6 rings (SSSR count). The molecule has 38 valence electrons. The van der Waals surface area contributed by atoms with E-state index in [0.29, 0.717) is 0 Å². The van der Waals surface area contributed by atoms with Gasteiger partial charge in [0.2, 0.25) is 0 Å². The standard InChI is InChI=1S/C8H6/c1-2-5-3(1)7-4(1)6(2)8(5)7/h1-6H. The lowest BCUT2D eigenvalue weighted by atomic mass is 9.08. The molecule has 0 radical (unpaired) electrons. The molecule has 0 nitrogen and oxygen atoms in total. The monoisotopic (exact) mass is 102 g/mol. The summed E-state index contributed by atoms with van der Waals surface area (Å²) >= 11 is 0. The fourth-order valence-electron chi connectivity index (χ4n) is 4.46. The van der Waals surface area contributed by atoms with Gasteiger partial charge in [0.15, 0.2) is 0 Å². The van der Waals surface area contributed by atoms with Crippen LogP contribution in [0.15, 0.2) is 11.1 Å². The summed E-state index contributed by atoms with van der Waals surface area (Å²) in [5.74, 6) is 7.40. The molecule has 0 saturated heterocycles. The summed E-state index contributed by atoms with van der Waals surface area (Å²) in [7, 11) is 0. The Hall–Kier alpha value is -0.260. The maximum absolute atomic E-state index is 1.97. The quantitative estimate of drug-likeness (QED) is 0.401. The zero-order valence-corrected chi connectivity index (χ0v) is 4.46. The molecule has 6 aliphatic carbocycles. The van der Waals surface area contributed by atoms with Crippen molar-refractivity contribution in [1.29, 1.82) is 0 Å². The summed E-state index contributed by atoms with van der Waals surface area (Å²) in [6, 6.07) is 0. The first-order valence-electron chi connectivity index (χ1n) is 3.74. The molecule has 0 aliphatic heterocycles. The van der Waals surface area contributed by atoms with Gasteiger partial charge in [0.25, 0.3) is 0 Å². The van der Waals surface area contributed by atoms with Crippen molar-refractivity contribution in [3.05, 3.63) is 11.1 Å². The first-order valence-corrected chi connectivity index (χ1v) is 3.74. The maximum Gasteiger partial charge on any atom is -0.00910 e. The molecule has 4 fully saturated rings. The molecule has 0 spiro atoms. The third kappa shape index (κ3) is 0.0566. The lowest BCUT2D eigenvalue weighted by Gasteiger charge is -2.96. The summed E-state index contributed by atoms with van der Waals surface area (Å²) < 4.78 is 0. The van der Waals surface area contributed by atoms with Crippen LogP contribution >= 0.6 is 0 Å². The van der Waals surface area contributed by atoms with E-state index in [9.17, 15) is 0 Å². The van der Waals surface area contributed by atoms with Crippen LogP contribution in [0.3, 0.4) is 0 Å². The highest BCUT2D eigenvalue weighted by atomic mass is 14.9. The van der Waals surface area contributed by atoms with Crippen molar-refractivity contribution in [3.8, 4) is 0 Å². The first kappa shape index (κ1) is 2.55. The molecule has 0 N–H and O–H groups in total. The van der Waals surface area contributed by atoms with Crippen molar-refractivity contribution >= 4 is 0 Å². The molecule has 4 unspecified atom stereocenters. The van der Waals surface area contributed by atoms with E-state index >= 15 is 0 Å². The third-order valence-electron chi connectivity index (χ3n) is 4.65. The highest BCUT2D eigenvalue weighted by Crippen LogP contribution is 2.97. The van der Waals surface area contributed by atoms with Gasteiger partial charge in [-0.2, -0.15) is 0 Å². The fraction of sp³-hybridized carbons (Fsp3) is 0.750. The number of allylic oxidation sites excluding steroid dienone is 2. The predicted molar refractivity (Wildman–Crippen MR) is 28.0 cm³/mol. The van der Waals surface area contributed by atoms with Gasteiger partial charge < -0.3 is 0 Å². The van der Waals surface area contributed by atoms with Crippen LogP contribution in [0.4, 0.5) is 0 Å². The molecular formula is C8H6. The van der Waals surface area contributed by atoms with Crippen LogP contribution < -0.4 is 0 Å². The van der Waals surface area contributed by atoms with Gasteiger partial charge in [-0.3, -0.25) is 0 Å². The molecule has 0 heterocycles. The van der Waals surface area contributed by atoms with Gasteiger partial charge in [-0.05, 0) is 35.5 Å². The summed E-state index contributed by atoms with van der Waals surface area (Å²) in [5, 5.41) is 0. The maximum atomic E-state index is 1.97. The first-order chi connectivity index (χ1) is 4.00. The zero-order valence-electron chi connectivity index (χ0n) is 4.46. The minimum Gasteiger partial charge on any atom is -0.0623 e. The second kappa shape index (κ2) is 0.394. The van der Waals surface area contributed by atoms with E-state index in [-0.39, 0.29) is 0 Å². The number of rotatable bonds is 0. The Kier molecular flexibility index (Phi) is 0.126. The molecule has 8 heavy (non-hydrogen) atoms. The highest BCUT2D eigenvalue weighted by Gasteiger charge is 2.91. The molecule has 0 bridgehead atoms. The minimum atomic E-state index is 1.21. The van der Waals surface area contributed by atoms with E-state index < -0.39 is 0 Å². The largest absolute Gasteiger partial charge is 0.0623 e. The number of hydrogen-bond acceptors (Lipinski definition) is 0.